The van der Waals surface area contributed by atoms with Crippen molar-refractivity contribution in [2.75, 3.05) is 0 Å². The van der Waals surface area contributed by atoms with Gasteiger partial charge >= 0.3 is 0 Å². The zero-order chi connectivity index (χ0) is 8.48. The van der Waals surface area contributed by atoms with Gasteiger partial charge in [-0.1, -0.05) is 26.8 Å². The molecule has 0 aromatic carbocycles. The van der Waals surface area contributed by atoms with Gasteiger partial charge in [-0.15, -0.1) is 0 Å². The van der Waals surface area contributed by atoms with Crippen LogP contribution in [0.25, 0.3) is 0 Å². The first-order chi connectivity index (χ1) is 5.05. The number of rotatable bonds is 1. The third kappa shape index (κ3) is 1.92. The Morgan fingerprint density at radius 2 is 2.27 bits per heavy atom. The van der Waals surface area contributed by atoms with Crippen LogP contribution >= 0.6 is 0 Å². The molecule has 62 valence electrons. The molecule has 11 heavy (non-hydrogen) atoms. The Labute approximate surface area is 68.5 Å². The molecule has 0 heterocycles. The van der Waals surface area contributed by atoms with Crippen LogP contribution in [0, 0.1) is 11.3 Å². The Morgan fingerprint density at radius 3 is 2.73 bits per heavy atom. The lowest BCUT2D eigenvalue weighted by Gasteiger charge is -2.28. The van der Waals surface area contributed by atoms with Crippen LogP contribution < -0.4 is 0 Å². The summed E-state index contributed by atoms with van der Waals surface area (Å²) >= 11 is 0. The van der Waals surface area contributed by atoms with Crippen molar-refractivity contribution in [1.82, 2.24) is 0 Å². The summed E-state index contributed by atoms with van der Waals surface area (Å²) in [6.07, 6.45) is 5.77. The molecule has 0 aliphatic heterocycles. The zero-order valence-corrected chi connectivity index (χ0v) is 7.55. The van der Waals surface area contributed by atoms with Crippen LogP contribution in [0.1, 0.15) is 33.6 Å². The SMILES string of the molecule is CCC1CC(C)(C)C=CC1=O. The van der Waals surface area contributed by atoms with E-state index in [1.165, 1.54) is 0 Å². The number of hydrogen-bond acceptors (Lipinski definition) is 1. The summed E-state index contributed by atoms with van der Waals surface area (Å²) in [5.41, 5.74) is 0.231. The fourth-order valence-corrected chi connectivity index (χ4v) is 1.59. The third-order valence-electron chi connectivity index (χ3n) is 2.37. The maximum atomic E-state index is 11.2. The van der Waals surface area contributed by atoms with Crippen LogP contribution in [-0.2, 0) is 4.79 Å². The smallest absolute Gasteiger partial charge is 0.158 e. The predicted molar refractivity (Wildman–Crippen MR) is 46.3 cm³/mol. The molecule has 0 saturated heterocycles. The molecule has 0 radical (unpaired) electrons. The van der Waals surface area contributed by atoms with Gasteiger partial charge in [0.2, 0.25) is 0 Å². The first kappa shape index (κ1) is 8.51. The molecule has 1 nitrogen and oxygen atoms in total. The molecule has 1 unspecified atom stereocenters. The third-order valence-corrected chi connectivity index (χ3v) is 2.37. The van der Waals surface area contributed by atoms with Crippen LogP contribution in [-0.4, -0.2) is 5.78 Å². The first-order valence-electron chi connectivity index (χ1n) is 4.28. The summed E-state index contributed by atoms with van der Waals surface area (Å²) in [6, 6.07) is 0. The summed E-state index contributed by atoms with van der Waals surface area (Å²) in [4.78, 5) is 11.2. The molecule has 0 saturated carbocycles. The molecule has 0 bridgehead atoms. The fraction of sp³-hybridized carbons (Fsp3) is 0.700. The second-order valence-corrected chi connectivity index (χ2v) is 4.03. The predicted octanol–water partition coefficient (Wildman–Crippen LogP) is 2.57. The summed E-state index contributed by atoms with van der Waals surface area (Å²) < 4.78 is 0. The highest BCUT2D eigenvalue weighted by molar-refractivity contribution is 5.92. The summed E-state index contributed by atoms with van der Waals surface area (Å²) in [5.74, 6) is 0.585. The quantitative estimate of drug-likeness (QED) is 0.564. The van der Waals surface area contributed by atoms with E-state index in [-0.39, 0.29) is 11.3 Å². The lowest BCUT2D eigenvalue weighted by atomic mass is 9.75. The van der Waals surface area contributed by atoms with Crippen molar-refractivity contribution in [1.29, 1.82) is 0 Å². The van der Waals surface area contributed by atoms with Crippen molar-refractivity contribution >= 4 is 5.78 Å². The number of ketones is 1. The van der Waals surface area contributed by atoms with E-state index in [1.807, 2.05) is 6.08 Å². The monoisotopic (exact) mass is 152 g/mol. The molecule has 1 aliphatic carbocycles. The van der Waals surface area contributed by atoms with Crippen molar-refractivity contribution in [3.05, 3.63) is 12.2 Å². The standard InChI is InChI=1S/C10H16O/c1-4-8-7-10(2,3)6-5-9(8)11/h5-6,8H,4,7H2,1-3H3. The van der Waals surface area contributed by atoms with Crippen LogP contribution in [0.5, 0.6) is 0 Å². The van der Waals surface area contributed by atoms with Gasteiger partial charge in [-0.3, -0.25) is 4.79 Å². The average molecular weight is 152 g/mol. The van der Waals surface area contributed by atoms with Gasteiger partial charge in [-0.25, -0.2) is 0 Å². The average Bonchev–Trinajstić information content (AvgIpc) is 1.94. The second-order valence-electron chi connectivity index (χ2n) is 4.03. The Hall–Kier alpha value is -0.590. The van der Waals surface area contributed by atoms with Crippen LogP contribution in [0.4, 0.5) is 0 Å². The Morgan fingerprint density at radius 1 is 1.64 bits per heavy atom. The molecule has 1 heteroatoms. The maximum Gasteiger partial charge on any atom is 0.158 e. The molecule has 0 amide bonds. The highest BCUT2D eigenvalue weighted by Crippen LogP contribution is 2.32. The van der Waals surface area contributed by atoms with Gasteiger partial charge < -0.3 is 0 Å². The topological polar surface area (TPSA) is 17.1 Å². The summed E-state index contributed by atoms with van der Waals surface area (Å²) in [7, 11) is 0. The van der Waals surface area contributed by atoms with Gasteiger partial charge in [0.15, 0.2) is 5.78 Å². The number of carbonyl (C=O) groups excluding carboxylic acids is 1. The minimum atomic E-state index is 0.231. The van der Waals surface area contributed by atoms with E-state index >= 15 is 0 Å². The molecule has 0 N–H and O–H groups in total. The van der Waals surface area contributed by atoms with Crippen LogP contribution in [0.2, 0.25) is 0 Å². The van der Waals surface area contributed by atoms with Crippen molar-refractivity contribution in [3.8, 4) is 0 Å². The highest BCUT2D eigenvalue weighted by atomic mass is 16.1. The van der Waals surface area contributed by atoms with Crippen molar-refractivity contribution in [3.63, 3.8) is 0 Å². The second kappa shape index (κ2) is 2.80. The van der Waals surface area contributed by atoms with Gasteiger partial charge in [0.1, 0.15) is 0 Å². The zero-order valence-electron chi connectivity index (χ0n) is 7.55. The number of carbonyl (C=O) groups is 1. The van der Waals surface area contributed by atoms with Gasteiger partial charge in [-0.2, -0.15) is 0 Å². The molecule has 1 rings (SSSR count). The highest BCUT2D eigenvalue weighted by Gasteiger charge is 2.27. The summed E-state index contributed by atoms with van der Waals surface area (Å²) in [5, 5.41) is 0. The fourth-order valence-electron chi connectivity index (χ4n) is 1.59. The van der Waals surface area contributed by atoms with E-state index in [4.69, 9.17) is 0 Å². The van der Waals surface area contributed by atoms with Crippen molar-refractivity contribution < 1.29 is 4.79 Å². The number of allylic oxidation sites excluding steroid dienone is 2. The van der Waals surface area contributed by atoms with E-state index in [0.717, 1.165) is 12.8 Å². The Kier molecular flexibility index (Phi) is 2.17. The molecule has 1 aliphatic rings. The molecule has 0 aromatic rings. The molecule has 0 fully saturated rings. The van der Waals surface area contributed by atoms with E-state index in [9.17, 15) is 4.79 Å². The van der Waals surface area contributed by atoms with Gasteiger partial charge in [0.25, 0.3) is 0 Å². The Bertz CT molecular complexity index is 189. The first-order valence-corrected chi connectivity index (χ1v) is 4.28. The summed E-state index contributed by atoms with van der Waals surface area (Å²) in [6.45, 7) is 6.44. The minimum absolute atomic E-state index is 0.231. The van der Waals surface area contributed by atoms with Crippen LogP contribution in [0.15, 0.2) is 12.2 Å². The molecular weight excluding hydrogens is 136 g/mol. The van der Waals surface area contributed by atoms with Gasteiger partial charge in [0.05, 0.1) is 0 Å². The van der Waals surface area contributed by atoms with Crippen LogP contribution in [0.3, 0.4) is 0 Å². The Balaban J connectivity index is 2.75. The molecule has 1 atom stereocenters. The maximum absolute atomic E-state index is 11.2. The van der Waals surface area contributed by atoms with Crippen molar-refractivity contribution in [2.45, 2.75) is 33.6 Å². The molecule has 0 spiro atoms. The van der Waals surface area contributed by atoms with E-state index in [2.05, 4.69) is 20.8 Å². The normalized spacial score (nSPS) is 29.0. The van der Waals surface area contributed by atoms with Crippen molar-refractivity contribution in [2.24, 2.45) is 11.3 Å². The van der Waals surface area contributed by atoms with E-state index in [0.29, 0.717) is 5.78 Å². The minimum Gasteiger partial charge on any atom is -0.295 e. The largest absolute Gasteiger partial charge is 0.295 e. The van der Waals surface area contributed by atoms with Gasteiger partial charge in [0, 0.05) is 5.92 Å². The lowest BCUT2D eigenvalue weighted by Crippen LogP contribution is -2.24. The molecule has 0 aromatic heterocycles. The van der Waals surface area contributed by atoms with Gasteiger partial charge in [-0.05, 0) is 24.3 Å². The van der Waals surface area contributed by atoms with E-state index < -0.39 is 0 Å². The lowest BCUT2D eigenvalue weighted by molar-refractivity contribution is -0.119. The molecular formula is C10H16O. The van der Waals surface area contributed by atoms with E-state index in [1.54, 1.807) is 6.08 Å². The number of hydrogen-bond donors (Lipinski definition) is 0.